The van der Waals surface area contributed by atoms with Crippen molar-refractivity contribution in [3.8, 4) is 0 Å². The molecule has 1 unspecified atom stereocenters. The Bertz CT molecular complexity index is 404. The Hall–Kier alpha value is -1.41. The van der Waals surface area contributed by atoms with Gasteiger partial charge in [-0.3, -0.25) is 4.79 Å². The quantitative estimate of drug-likeness (QED) is 0.796. The van der Waals surface area contributed by atoms with E-state index >= 15 is 0 Å². The molecule has 0 spiro atoms. The second kappa shape index (κ2) is 3.99. The van der Waals surface area contributed by atoms with Crippen LogP contribution in [-0.4, -0.2) is 17.5 Å². The second-order valence-corrected chi connectivity index (χ2v) is 3.93. The van der Waals surface area contributed by atoms with Crippen LogP contribution in [0.15, 0.2) is 35.9 Å². The van der Waals surface area contributed by atoms with Gasteiger partial charge in [0.2, 0.25) is 0 Å². The van der Waals surface area contributed by atoms with E-state index in [9.17, 15) is 4.79 Å². The molecule has 15 heavy (non-hydrogen) atoms. The van der Waals surface area contributed by atoms with Crippen LogP contribution in [0.25, 0.3) is 5.57 Å². The lowest BCUT2D eigenvalue weighted by atomic mass is 10.0. The molecule has 2 rings (SSSR count). The molecule has 1 aliphatic rings. The SMILES string of the molecule is CC1=C(c2ccccc2)C(=O)CC1CO. The molecule has 0 radical (unpaired) electrons. The van der Waals surface area contributed by atoms with Crippen molar-refractivity contribution in [1.82, 2.24) is 0 Å². The monoisotopic (exact) mass is 202 g/mol. The van der Waals surface area contributed by atoms with E-state index < -0.39 is 0 Å². The van der Waals surface area contributed by atoms with Gasteiger partial charge >= 0.3 is 0 Å². The van der Waals surface area contributed by atoms with Crippen LogP contribution in [0, 0.1) is 5.92 Å². The number of carbonyl (C=O) groups excluding carboxylic acids is 1. The van der Waals surface area contributed by atoms with Gasteiger partial charge in [-0.25, -0.2) is 0 Å². The number of aliphatic hydroxyl groups excluding tert-OH is 1. The minimum Gasteiger partial charge on any atom is -0.396 e. The number of benzene rings is 1. The van der Waals surface area contributed by atoms with Crippen molar-refractivity contribution in [2.45, 2.75) is 13.3 Å². The molecular weight excluding hydrogens is 188 g/mol. The van der Waals surface area contributed by atoms with Gasteiger partial charge in [0, 0.05) is 17.9 Å². The van der Waals surface area contributed by atoms with E-state index in [1.807, 2.05) is 37.3 Å². The van der Waals surface area contributed by atoms with E-state index in [2.05, 4.69) is 0 Å². The van der Waals surface area contributed by atoms with Crippen LogP contribution in [0.2, 0.25) is 0 Å². The van der Waals surface area contributed by atoms with E-state index in [1.54, 1.807) is 0 Å². The zero-order valence-corrected chi connectivity index (χ0v) is 8.73. The highest BCUT2D eigenvalue weighted by molar-refractivity contribution is 6.23. The highest BCUT2D eigenvalue weighted by Gasteiger charge is 2.29. The van der Waals surface area contributed by atoms with Crippen LogP contribution < -0.4 is 0 Å². The van der Waals surface area contributed by atoms with Gasteiger partial charge in [0.25, 0.3) is 0 Å². The Morgan fingerprint density at radius 3 is 2.53 bits per heavy atom. The van der Waals surface area contributed by atoms with Gasteiger partial charge in [0.05, 0.1) is 6.61 Å². The average Bonchev–Trinajstić information content (AvgIpc) is 2.55. The third-order valence-corrected chi connectivity index (χ3v) is 3.00. The Morgan fingerprint density at radius 1 is 1.33 bits per heavy atom. The Balaban J connectivity index is 2.44. The molecule has 2 heteroatoms. The van der Waals surface area contributed by atoms with Gasteiger partial charge in [0.1, 0.15) is 0 Å². The van der Waals surface area contributed by atoms with E-state index in [1.165, 1.54) is 0 Å². The first-order valence-corrected chi connectivity index (χ1v) is 5.14. The molecular formula is C13H14O2. The summed E-state index contributed by atoms with van der Waals surface area (Å²) in [5.41, 5.74) is 2.79. The largest absolute Gasteiger partial charge is 0.396 e. The highest BCUT2D eigenvalue weighted by atomic mass is 16.3. The third-order valence-electron chi connectivity index (χ3n) is 3.00. The zero-order valence-electron chi connectivity index (χ0n) is 8.73. The summed E-state index contributed by atoms with van der Waals surface area (Å²) in [6, 6.07) is 9.67. The minimum absolute atomic E-state index is 0.0210. The third kappa shape index (κ3) is 1.73. The number of allylic oxidation sites excluding steroid dienone is 1. The minimum atomic E-state index is 0.0210. The lowest BCUT2D eigenvalue weighted by molar-refractivity contribution is -0.113. The Morgan fingerprint density at radius 2 is 2.00 bits per heavy atom. The molecule has 1 atom stereocenters. The van der Waals surface area contributed by atoms with Crippen LogP contribution in [0.4, 0.5) is 0 Å². The predicted octanol–water partition coefficient (Wildman–Crippen LogP) is 2.04. The maximum Gasteiger partial charge on any atom is 0.164 e. The van der Waals surface area contributed by atoms with Crippen molar-refractivity contribution in [2.24, 2.45) is 5.92 Å². The Labute approximate surface area is 89.2 Å². The van der Waals surface area contributed by atoms with Crippen LogP contribution in [0.3, 0.4) is 0 Å². The predicted molar refractivity (Wildman–Crippen MR) is 59.2 cm³/mol. The van der Waals surface area contributed by atoms with Gasteiger partial charge in [-0.1, -0.05) is 35.9 Å². The van der Waals surface area contributed by atoms with Crippen LogP contribution in [0.1, 0.15) is 18.9 Å². The number of aliphatic hydroxyl groups is 1. The molecule has 78 valence electrons. The fraction of sp³-hybridized carbons (Fsp3) is 0.308. The fourth-order valence-electron chi connectivity index (χ4n) is 2.10. The van der Waals surface area contributed by atoms with Gasteiger partial charge in [-0.2, -0.15) is 0 Å². The van der Waals surface area contributed by atoms with Crippen molar-refractivity contribution in [1.29, 1.82) is 0 Å². The molecule has 0 saturated carbocycles. The lowest BCUT2D eigenvalue weighted by Crippen LogP contribution is -2.04. The van der Waals surface area contributed by atoms with Crippen LogP contribution in [0.5, 0.6) is 0 Å². The molecule has 1 aromatic carbocycles. The van der Waals surface area contributed by atoms with E-state index in [0.717, 1.165) is 16.7 Å². The number of ketones is 1. The van der Waals surface area contributed by atoms with E-state index in [-0.39, 0.29) is 18.3 Å². The van der Waals surface area contributed by atoms with Crippen molar-refractivity contribution in [3.63, 3.8) is 0 Å². The smallest absolute Gasteiger partial charge is 0.164 e. The highest BCUT2D eigenvalue weighted by Crippen LogP contribution is 2.34. The first-order valence-electron chi connectivity index (χ1n) is 5.14. The zero-order chi connectivity index (χ0) is 10.8. The second-order valence-electron chi connectivity index (χ2n) is 3.93. The van der Waals surface area contributed by atoms with Crippen molar-refractivity contribution in [2.75, 3.05) is 6.61 Å². The summed E-state index contributed by atoms with van der Waals surface area (Å²) >= 11 is 0. The molecule has 0 saturated heterocycles. The first-order chi connectivity index (χ1) is 7.24. The summed E-state index contributed by atoms with van der Waals surface area (Å²) in [7, 11) is 0. The van der Waals surface area contributed by atoms with Crippen molar-refractivity contribution in [3.05, 3.63) is 41.5 Å². The molecule has 1 N–H and O–H groups in total. The molecule has 0 aromatic heterocycles. The van der Waals surface area contributed by atoms with Gasteiger partial charge in [-0.05, 0) is 12.5 Å². The summed E-state index contributed by atoms with van der Waals surface area (Å²) in [4.78, 5) is 11.8. The number of Topliss-reactive ketones (excluding diaryl/α,β-unsaturated/α-hetero) is 1. The number of hydrogen-bond acceptors (Lipinski definition) is 2. The van der Waals surface area contributed by atoms with E-state index in [0.29, 0.717) is 6.42 Å². The summed E-state index contributed by atoms with van der Waals surface area (Å²) in [5, 5.41) is 9.13. The molecule has 2 nitrogen and oxygen atoms in total. The van der Waals surface area contributed by atoms with Crippen molar-refractivity contribution >= 4 is 11.4 Å². The fourth-order valence-corrected chi connectivity index (χ4v) is 2.10. The van der Waals surface area contributed by atoms with Crippen LogP contribution in [-0.2, 0) is 4.79 Å². The maximum atomic E-state index is 11.8. The molecule has 0 bridgehead atoms. The topological polar surface area (TPSA) is 37.3 Å². The molecule has 0 aliphatic heterocycles. The van der Waals surface area contributed by atoms with Gasteiger partial charge in [-0.15, -0.1) is 0 Å². The number of rotatable bonds is 2. The summed E-state index contributed by atoms with van der Waals surface area (Å²) in [6.07, 6.45) is 0.451. The molecule has 0 amide bonds. The normalized spacial score (nSPS) is 21.2. The van der Waals surface area contributed by atoms with E-state index in [4.69, 9.17) is 5.11 Å². The Kier molecular flexibility index (Phi) is 2.69. The summed E-state index contributed by atoms with van der Waals surface area (Å²) < 4.78 is 0. The molecule has 1 aromatic rings. The first kappa shape index (κ1) is 10.1. The van der Waals surface area contributed by atoms with Crippen molar-refractivity contribution < 1.29 is 9.90 Å². The molecule has 0 fully saturated rings. The maximum absolute atomic E-state index is 11.8. The number of carbonyl (C=O) groups is 1. The van der Waals surface area contributed by atoms with Crippen LogP contribution >= 0.6 is 0 Å². The number of hydrogen-bond donors (Lipinski definition) is 1. The molecule has 1 aliphatic carbocycles. The molecule has 0 heterocycles. The lowest BCUT2D eigenvalue weighted by Gasteiger charge is -2.06. The average molecular weight is 202 g/mol. The van der Waals surface area contributed by atoms with Gasteiger partial charge < -0.3 is 5.11 Å². The standard InChI is InChI=1S/C13H14O2/c1-9-11(8-14)7-12(15)13(9)10-5-3-2-4-6-10/h2-6,11,14H,7-8H2,1H3. The summed E-state index contributed by atoms with van der Waals surface area (Å²) in [6.45, 7) is 2.00. The van der Waals surface area contributed by atoms with Gasteiger partial charge in [0.15, 0.2) is 5.78 Å². The summed E-state index contributed by atoms with van der Waals surface area (Å²) in [5.74, 6) is 0.172.